The minimum atomic E-state index is -0.404. The number of halogens is 2. The molecule has 1 saturated heterocycles. The standard InChI is InChI=1S/C18H13BrClNO4S/c19-12-1-6-15(22)11(9-12)10-16-17(23)21(18(24)26-16)7-8-25-14-4-2-13(20)3-5-14/h1-6,9-10,22H,7-8H2/b16-10-. The fourth-order valence-corrected chi connectivity index (χ4v) is 3.62. The summed E-state index contributed by atoms with van der Waals surface area (Å²) in [5, 5.41) is 10.1. The monoisotopic (exact) mass is 453 g/mol. The molecular formula is C18H13BrClNO4S. The maximum absolute atomic E-state index is 12.5. The van der Waals surface area contributed by atoms with Crippen molar-refractivity contribution in [2.75, 3.05) is 13.2 Å². The first-order valence-electron chi connectivity index (χ1n) is 7.56. The van der Waals surface area contributed by atoms with Gasteiger partial charge in [0, 0.05) is 15.1 Å². The lowest BCUT2D eigenvalue weighted by Crippen LogP contribution is -2.32. The number of benzene rings is 2. The van der Waals surface area contributed by atoms with E-state index < -0.39 is 5.91 Å². The number of nitrogens with zero attached hydrogens (tertiary/aromatic N) is 1. The normalized spacial score (nSPS) is 15.8. The van der Waals surface area contributed by atoms with E-state index in [1.54, 1.807) is 36.4 Å². The molecule has 2 amide bonds. The fourth-order valence-electron chi connectivity index (χ4n) is 2.26. The summed E-state index contributed by atoms with van der Waals surface area (Å²) in [5.41, 5.74) is 0.460. The number of thioether (sulfide) groups is 1. The van der Waals surface area contributed by atoms with Crippen LogP contribution in [0.25, 0.3) is 6.08 Å². The van der Waals surface area contributed by atoms with Crippen LogP contribution < -0.4 is 4.74 Å². The van der Waals surface area contributed by atoms with E-state index in [-0.39, 0.29) is 29.0 Å². The van der Waals surface area contributed by atoms with Gasteiger partial charge >= 0.3 is 0 Å². The second-order valence-electron chi connectivity index (χ2n) is 5.34. The van der Waals surface area contributed by atoms with E-state index in [0.29, 0.717) is 16.3 Å². The lowest BCUT2D eigenvalue weighted by Gasteiger charge is -2.13. The van der Waals surface area contributed by atoms with E-state index in [1.165, 1.54) is 12.1 Å². The number of rotatable bonds is 5. The fraction of sp³-hybridized carbons (Fsp3) is 0.111. The number of phenols is 1. The van der Waals surface area contributed by atoms with Crippen LogP contribution in [-0.4, -0.2) is 34.3 Å². The van der Waals surface area contributed by atoms with Gasteiger partial charge in [0.2, 0.25) is 0 Å². The zero-order valence-corrected chi connectivity index (χ0v) is 16.5. The number of hydrogen-bond donors (Lipinski definition) is 1. The summed E-state index contributed by atoms with van der Waals surface area (Å²) in [6.45, 7) is 0.310. The Morgan fingerprint density at radius 1 is 1.19 bits per heavy atom. The predicted molar refractivity (Wildman–Crippen MR) is 105 cm³/mol. The molecule has 3 rings (SSSR count). The van der Waals surface area contributed by atoms with Gasteiger partial charge in [0.15, 0.2) is 0 Å². The molecule has 134 valence electrons. The van der Waals surface area contributed by atoms with Gasteiger partial charge in [-0.1, -0.05) is 27.5 Å². The highest BCUT2D eigenvalue weighted by Gasteiger charge is 2.34. The van der Waals surface area contributed by atoms with Crippen molar-refractivity contribution in [1.82, 2.24) is 4.90 Å². The molecule has 0 saturated carbocycles. The topological polar surface area (TPSA) is 66.8 Å². The summed E-state index contributed by atoms with van der Waals surface area (Å²) in [4.78, 5) is 25.9. The first-order chi connectivity index (χ1) is 12.4. The third kappa shape index (κ3) is 4.41. The third-order valence-corrected chi connectivity index (χ3v) is 5.20. The van der Waals surface area contributed by atoms with E-state index in [1.807, 2.05) is 0 Å². The Balaban J connectivity index is 1.66. The molecule has 1 N–H and O–H groups in total. The van der Waals surface area contributed by atoms with Crippen LogP contribution in [0, 0.1) is 0 Å². The second kappa shape index (κ2) is 8.16. The summed E-state index contributed by atoms with van der Waals surface area (Å²) in [6, 6.07) is 11.7. The first-order valence-corrected chi connectivity index (χ1v) is 9.55. The quantitative estimate of drug-likeness (QED) is 0.649. The number of ether oxygens (including phenoxy) is 1. The molecule has 0 spiro atoms. The molecule has 0 aromatic heterocycles. The van der Waals surface area contributed by atoms with Gasteiger partial charge in [0.05, 0.1) is 11.4 Å². The predicted octanol–water partition coefficient (Wildman–Crippen LogP) is 4.92. The van der Waals surface area contributed by atoms with Crippen LogP contribution in [0.5, 0.6) is 11.5 Å². The lowest BCUT2D eigenvalue weighted by atomic mass is 10.2. The van der Waals surface area contributed by atoms with Crippen LogP contribution in [-0.2, 0) is 4.79 Å². The number of imide groups is 1. The van der Waals surface area contributed by atoms with Crippen molar-refractivity contribution >= 4 is 56.5 Å². The molecule has 0 bridgehead atoms. The molecule has 5 nitrogen and oxygen atoms in total. The van der Waals surface area contributed by atoms with E-state index in [2.05, 4.69) is 15.9 Å². The molecule has 1 aliphatic rings. The number of aromatic hydroxyl groups is 1. The average Bonchev–Trinajstić information content (AvgIpc) is 2.87. The summed E-state index contributed by atoms with van der Waals surface area (Å²) in [7, 11) is 0. The largest absolute Gasteiger partial charge is 0.507 e. The van der Waals surface area contributed by atoms with Crippen molar-refractivity contribution in [2.45, 2.75) is 0 Å². The Morgan fingerprint density at radius 2 is 1.92 bits per heavy atom. The van der Waals surface area contributed by atoms with Crippen molar-refractivity contribution < 1.29 is 19.4 Å². The van der Waals surface area contributed by atoms with Gasteiger partial charge < -0.3 is 9.84 Å². The molecule has 1 fully saturated rings. The molecule has 8 heteroatoms. The van der Waals surface area contributed by atoms with Crippen molar-refractivity contribution in [1.29, 1.82) is 0 Å². The Hall–Kier alpha value is -1.96. The smallest absolute Gasteiger partial charge is 0.293 e. The van der Waals surface area contributed by atoms with Crippen molar-refractivity contribution in [2.24, 2.45) is 0 Å². The summed E-state index contributed by atoms with van der Waals surface area (Å²) >= 11 is 9.96. The molecule has 1 aliphatic heterocycles. The van der Waals surface area contributed by atoms with Gasteiger partial charge in [-0.2, -0.15) is 0 Å². The van der Waals surface area contributed by atoms with Gasteiger partial charge in [-0.05, 0) is 60.3 Å². The van der Waals surface area contributed by atoms with E-state index in [4.69, 9.17) is 16.3 Å². The average molecular weight is 455 g/mol. The summed E-state index contributed by atoms with van der Waals surface area (Å²) < 4.78 is 6.29. The summed E-state index contributed by atoms with van der Waals surface area (Å²) in [6.07, 6.45) is 1.51. The number of amides is 2. The minimum Gasteiger partial charge on any atom is -0.507 e. The molecule has 0 aliphatic carbocycles. The molecule has 2 aromatic rings. The van der Waals surface area contributed by atoms with Gasteiger partial charge in [0.1, 0.15) is 18.1 Å². The van der Waals surface area contributed by atoms with Crippen molar-refractivity contribution in [3.63, 3.8) is 0 Å². The van der Waals surface area contributed by atoms with Crippen molar-refractivity contribution in [3.8, 4) is 11.5 Å². The van der Waals surface area contributed by atoms with Crippen LogP contribution in [0.1, 0.15) is 5.56 Å². The third-order valence-electron chi connectivity index (χ3n) is 3.55. The SMILES string of the molecule is O=C1S/C(=C\c2cc(Br)ccc2O)C(=O)N1CCOc1ccc(Cl)cc1. The number of phenolic OH excluding ortho intramolecular Hbond substituents is 1. The molecular weight excluding hydrogens is 442 g/mol. The van der Waals surface area contributed by atoms with Gasteiger partial charge in [-0.3, -0.25) is 14.5 Å². The van der Waals surface area contributed by atoms with Crippen LogP contribution in [0.15, 0.2) is 51.8 Å². The number of carbonyl (C=O) groups excluding carboxylic acids is 2. The maximum Gasteiger partial charge on any atom is 0.293 e. The lowest BCUT2D eigenvalue weighted by molar-refractivity contribution is -0.123. The Labute approximate surface area is 167 Å². The van der Waals surface area contributed by atoms with Gasteiger partial charge in [-0.25, -0.2) is 0 Å². The highest BCUT2D eigenvalue weighted by molar-refractivity contribution is 9.10. The van der Waals surface area contributed by atoms with Crippen LogP contribution in [0.4, 0.5) is 4.79 Å². The Bertz CT molecular complexity index is 885. The zero-order valence-electron chi connectivity index (χ0n) is 13.3. The van der Waals surface area contributed by atoms with Crippen LogP contribution >= 0.6 is 39.3 Å². The van der Waals surface area contributed by atoms with Crippen LogP contribution in [0.2, 0.25) is 5.02 Å². The molecule has 1 heterocycles. The van der Waals surface area contributed by atoms with Gasteiger partial charge in [0.25, 0.3) is 11.1 Å². The molecule has 0 radical (unpaired) electrons. The molecule has 26 heavy (non-hydrogen) atoms. The minimum absolute atomic E-state index is 0.0334. The summed E-state index contributed by atoms with van der Waals surface area (Å²) in [5.74, 6) is 0.237. The molecule has 0 atom stereocenters. The highest BCUT2D eigenvalue weighted by atomic mass is 79.9. The number of hydrogen-bond acceptors (Lipinski definition) is 5. The Kier molecular flexibility index (Phi) is 5.90. The second-order valence-corrected chi connectivity index (χ2v) is 7.68. The van der Waals surface area contributed by atoms with E-state index in [9.17, 15) is 14.7 Å². The van der Waals surface area contributed by atoms with Crippen molar-refractivity contribution in [3.05, 3.63) is 62.4 Å². The highest BCUT2D eigenvalue weighted by Crippen LogP contribution is 2.34. The number of carbonyl (C=O) groups is 2. The molecule has 0 unspecified atom stereocenters. The van der Waals surface area contributed by atoms with E-state index >= 15 is 0 Å². The van der Waals surface area contributed by atoms with Crippen LogP contribution in [0.3, 0.4) is 0 Å². The van der Waals surface area contributed by atoms with Gasteiger partial charge in [-0.15, -0.1) is 0 Å². The molecule has 2 aromatic carbocycles. The Morgan fingerprint density at radius 3 is 2.65 bits per heavy atom. The van der Waals surface area contributed by atoms with E-state index in [0.717, 1.165) is 21.1 Å². The first kappa shape index (κ1) is 18.8. The maximum atomic E-state index is 12.5. The zero-order chi connectivity index (χ0) is 18.7.